The number of nitriles is 1. The molecule has 0 bridgehead atoms. The van der Waals surface area contributed by atoms with Gasteiger partial charge in [-0.05, 0) is 32.9 Å². The molecule has 0 amide bonds. The largest absolute Gasteiger partial charge is 0.306 e. The van der Waals surface area contributed by atoms with E-state index in [1.54, 1.807) is 11.3 Å². The van der Waals surface area contributed by atoms with Crippen molar-refractivity contribution in [2.45, 2.75) is 30.6 Å². The Kier molecular flexibility index (Phi) is 2.27. The van der Waals surface area contributed by atoms with Gasteiger partial charge in [-0.15, -0.1) is 11.3 Å². The van der Waals surface area contributed by atoms with E-state index in [9.17, 15) is 0 Å². The molecule has 84 valence electrons. The molecule has 1 unspecified atom stereocenters. The summed E-state index contributed by atoms with van der Waals surface area (Å²) in [4.78, 5) is 7.05. The lowest BCUT2D eigenvalue weighted by Gasteiger charge is -2.07. The van der Waals surface area contributed by atoms with Gasteiger partial charge in [-0.1, -0.05) is 0 Å². The van der Waals surface area contributed by atoms with Crippen LogP contribution in [-0.2, 0) is 5.41 Å². The van der Waals surface area contributed by atoms with Crippen molar-refractivity contribution in [3.8, 4) is 6.07 Å². The first-order valence-corrected chi connectivity index (χ1v) is 6.67. The number of hydrogen-bond donors (Lipinski definition) is 0. The van der Waals surface area contributed by atoms with Crippen molar-refractivity contribution in [1.82, 2.24) is 9.88 Å². The van der Waals surface area contributed by atoms with Crippen molar-refractivity contribution in [3.63, 3.8) is 0 Å². The van der Waals surface area contributed by atoms with E-state index in [1.165, 1.54) is 18.7 Å². The number of rotatable bonds is 2. The zero-order chi connectivity index (χ0) is 11.2. The first-order chi connectivity index (χ1) is 7.73. The normalized spacial score (nSPS) is 27.9. The van der Waals surface area contributed by atoms with Crippen LogP contribution in [0.2, 0.25) is 0 Å². The Balaban J connectivity index is 1.81. The van der Waals surface area contributed by atoms with Gasteiger partial charge in [-0.2, -0.15) is 5.26 Å². The third-order valence-electron chi connectivity index (χ3n) is 3.70. The highest BCUT2D eigenvalue weighted by Gasteiger charge is 2.47. The Hall–Kier alpha value is -0.920. The SMILES string of the molecule is CN1CCC(c2csc(C3(C#N)CC3)n2)C1. The molecule has 1 aromatic heterocycles. The van der Waals surface area contributed by atoms with Crippen molar-refractivity contribution in [2.24, 2.45) is 0 Å². The summed E-state index contributed by atoms with van der Waals surface area (Å²) in [6, 6.07) is 2.42. The molecule has 0 aromatic carbocycles. The van der Waals surface area contributed by atoms with Crippen LogP contribution in [0.1, 0.15) is 35.9 Å². The fraction of sp³-hybridized carbons (Fsp3) is 0.667. The van der Waals surface area contributed by atoms with Crippen LogP contribution in [0, 0.1) is 11.3 Å². The maximum atomic E-state index is 9.14. The lowest BCUT2D eigenvalue weighted by molar-refractivity contribution is 0.411. The molecular formula is C12H15N3S. The fourth-order valence-corrected chi connectivity index (χ4v) is 3.48. The summed E-state index contributed by atoms with van der Waals surface area (Å²) in [6.07, 6.45) is 3.21. The molecule has 3 nitrogen and oxygen atoms in total. The summed E-state index contributed by atoms with van der Waals surface area (Å²) in [5.74, 6) is 0.587. The highest BCUT2D eigenvalue weighted by molar-refractivity contribution is 7.09. The van der Waals surface area contributed by atoms with Crippen molar-refractivity contribution >= 4 is 11.3 Å². The second kappa shape index (κ2) is 3.54. The minimum atomic E-state index is -0.201. The predicted octanol–water partition coefficient (Wildman–Crippen LogP) is 2.12. The van der Waals surface area contributed by atoms with Crippen molar-refractivity contribution in [3.05, 3.63) is 16.1 Å². The number of hydrogen-bond acceptors (Lipinski definition) is 4. The highest BCUT2D eigenvalue weighted by Crippen LogP contribution is 2.49. The number of likely N-dealkylation sites (N-methyl/N-ethyl adjacent to an activating group) is 1. The summed E-state index contributed by atoms with van der Waals surface area (Å²) >= 11 is 1.68. The highest BCUT2D eigenvalue weighted by atomic mass is 32.1. The third kappa shape index (κ3) is 1.55. The molecule has 1 atom stereocenters. The van der Waals surface area contributed by atoms with Gasteiger partial charge in [0.1, 0.15) is 10.4 Å². The lowest BCUT2D eigenvalue weighted by Crippen LogP contribution is -2.13. The Morgan fingerprint density at radius 3 is 3.00 bits per heavy atom. The van der Waals surface area contributed by atoms with Crippen molar-refractivity contribution in [1.29, 1.82) is 5.26 Å². The standard InChI is InChI=1S/C12H15N3S/c1-15-5-2-9(6-15)10-7-16-11(14-10)12(8-13)3-4-12/h7,9H,2-6H2,1H3. The van der Waals surface area contributed by atoms with Gasteiger partial charge < -0.3 is 4.90 Å². The quantitative estimate of drug-likeness (QED) is 0.785. The number of aromatic nitrogens is 1. The molecule has 3 rings (SSSR count). The molecule has 0 spiro atoms. The summed E-state index contributed by atoms with van der Waals surface area (Å²) < 4.78 is 0. The monoisotopic (exact) mass is 233 g/mol. The van der Waals surface area contributed by atoms with E-state index >= 15 is 0 Å². The zero-order valence-electron chi connectivity index (χ0n) is 9.44. The number of nitrogens with zero attached hydrogens (tertiary/aromatic N) is 3. The maximum absolute atomic E-state index is 9.14. The molecule has 1 aliphatic heterocycles. The molecule has 1 saturated carbocycles. The van der Waals surface area contributed by atoms with Gasteiger partial charge in [0, 0.05) is 17.8 Å². The van der Waals surface area contributed by atoms with E-state index in [-0.39, 0.29) is 5.41 Å². The van der Waals surface area contributed by atoms with Gasteiger partial charge in [0.05, 0.1) is 11.8 Å². The van der Waals surface area contributed by atoms with E-state index in [4.69, 9.17) is 10.2 Å². The van der Waals surface area contributed by atoms with E-state index in [2.05, 4.69) is 23.4 Å². The van der Waals surface area contributed by atoms with Crippen LogP contribution in [-0.4, -0.2) is 30.0 Å². The molecule has 2 aliphatic rings. The van der Waals surface area contributed by atoms with Crippen LogP contribution in [0.3, 0.4) is 0 Å². The molecule has 4 heteroatoms. The molecule has 0 N–H and O–H groups in total. The fourth-order valence-electron chi connectivity index (χ4n) is 2.37. The smallest absolute Gasteiger partial charge is 0.113 e. The van der Waals surface area contributed by atoms with Crippen LogP contribution in [0.4, 0.5) is 0 Å². The minimum absolute atomic E-state index is 0.201. The van der Waals surface area contributed by atoms with Crippen LogP contribution >= 0.6 is 11.3 Å². The van der Waals surface area contributed by atoms with Gasteiger partial charge in [-0.25, -0.2) is 4.98 Å². The molecule has 1 saturated heterocycles. The second-order valence-corrected chi connectivity index (χ2v) is 5.88. The van der Waals surface area contributed by atoms with Gasteiger partial charge >= 0.3 is 0 Å². The number of thiazole rings is 1. The van der Waals surface area contributed by atoms with Crippen LogP contribution in [0.15, 0.2) is 5.38 Å². The Morgan fingerprint density at radius 1 is 1.62 bits per heavy atom. The minimum Gasteiger partial charge on any atom is -0.306 e. The number of likely N-dealkylation sites (tertiary alicyclic amines) is 1. The summed E-state index contributed by atoms with van der Waals surface area (Å²) in [6.45, 7) is 2.28. The molecule has 2 fully saturated rings. The Bertz CT molecular complexity index is 441. The van der Waals surface area contributed by atoms with Gasteiger partial charge in [0.25, 0.3) is 0 Å². The predicted molar refractivity (Wildman–Crippen MR) is 63.5 cm³/mol. The average molecular weight is 233 g/mol. The van der Waals surface area contributed by atoms with Crippen LogP contribution < -0.4 is 0 Å². The topological polar surface area (TPSA) is 39.9 Å². The maximum Gasteiger partial charge on any atom is 0.113 e. The summed E-state index contributed by atoms with van der Waals surface area (Å²) in [5.41, 5.74) is 1.01. The second-order valence-electron chi connectivity index (χ2n) is 5.02. The third-order valence-corrected chi connectivity index (χ3v) is 4.77. The van der Waals surface area contributed by atoms with Crippen molar-refractivity contribution in [2.75, 3.05) is 20.1 Å². The average Bonchev–Trinajstić information content (AvgIpc) is 2.74. The molecule has 1 aromatic rings. The Labute approximate surface area is 99.7 Å². The first-order valence-electron chi connectivity index (χ1n) is 5.79. The first kappa shape index (κ1) is 10.2. The lowest BCUT2D eigenvalue weighted by atomic mass is 10.1. The van der Waals surface area contributed by atoms with Gasteiger partial charge in [0.2, 0.25) is 0 Å². The molecule has 2 heterocycles. The van der Waals surface area contributed by atoms with E-state index < -0.39 is 0 Å². The van der Waals surface area contributed by atoms with E-state index in [0.29, 0.717) is 5.92 Å². The molecule has 0 radical (unpaired) electrons. The van der Waals surface area contributed by atoms with Gasteiger partial charge in [-0.3, -0.25) is 0 Å². The molecular weight excluding hydrogens is 218 g/mol. The summed E-state index contributed by atoms with van der Waals surface area (Å²) in [5, 5.41) is 12.4. The van der Waals surface area contributed by atoms with Crippen molar-refractivity contribution < 1.29 is 0 Å². The summed E-state index contributed by atoms with van der Waals surface area (Å²) in [7, 11) is 2.16. The zero-order valence-corrected chi connectivity index (χ0v) is 10.3. The molecule has 16 heavy (non-hydrogen) atoms. The van der Waals surface area contributed by atoms with E-state index in [1.807, 2.05) is 0 Å². The van der Waals surface area contributed by atoms with Crippen LogP contribution in [0.5, 0.6) is 0 Å². The Morgan fingerprint density at radius 2 is 2.44 bits per heavy atom. The van der Waals surface area contributed by atoms with Gasteiger partial charge in [0.15, 0.2) is 0 Å². The molecule has 1 aliphatic carbocycles. The van der Waals surface area contributed by atoms with E-state index in [0.717, 1.165) is 24.4 Å². The van der Waals surface area contributed by atoms with Crippen LogP contribution in [0.25, 0.3) is 0 Å².